The van der Waals surface area contributed by atoms with Gasteiger partial charge in [-0.3, -0.25) is 18.6 Å². The average molecular weight is 559 g/mol. The van der Waals surface area contributed by atoms with Crippen LogP contribution in [0.25, 0.3) is 0 Å². The van der Waals surface area contributed by atoms with Gasteiger partial charge in [0, 0.05) is 29.4 Å². The molecule has 0 radical (unpaired) electrons. The van der Waals surface area contributed by atoms with E-state index >= 15 is 0 Å². The number of hydrogen-bond acceptors (Lipinski definition) is 7. The lowest BCUT2D eigenvalue weighted by molar-refractivity contribution is -0.131. The summed E-state index contributed by atoms with van der Waals surface area (Å²) in [6, 6.07) is 13.6. The van der Waals surface area contributed by atoms with Crippen LogP contribution in [0.3, 0.4) is 0 Å². The van der Waals surface area contributed by atoms with Crippen molar-refractivity contribution < 1.29 is 28.8 Å². The summed E-state index contributed by atoms with van der Waals surface area (Å²) < 4.78 is 11.7. The summed E-state index contributed by atoms with van der Waals surface area (Å²) in [7, 11) is -1.20. The van der Waals surface area contributed by atoms with Gasteiger partial charge < -0.3 is 31.5 Å². The van der Waals surface area contributed by atoms with Gasteiger partial charge in [0.2, 0.25) is 17.7 Å². The number of hydrogen-bond donors (Lipinski definition) is 6. The Kier molecular flexibility index (Phi) is 13.9. The van der Waals surface area contributed by atoms with Crippen molar-refractivity contribution in [2.45, 2.75) is 37.4 Å². The number of carbonyl (C=O) groups is 3. The highest BCUT2D eigenvalue weighted by atomic mass is 32.2. The Hall–Kier alpha value is -3.54. The quantitative estimate of drug-likeness (QED) is 0.151. The largest absolute Gasteiger partial charge is 0.508 e. The van der Waals surface area contributed by atoms with Crippen molar-refractivity contribution >= 4 is 28.5 Å². The molecular weight excluding hydrogens is 520 g/mol. The maximum Gasteiger partial charge on any atom is 0.243 e. The summed E-state index contributed by atoms with van der Waals surface area (Å²) in [5.74, 6) is -1.23. The maximum absolute atomic E-state index is 13.2. The van der Waals surface area contributed by atoms with Crippen LogP contribution >= 0.6 is 0 Å². The lowest BCUT2D eigenvalue weighted by atomic mass is 10.0. The topological polar surface area (TPSA) is 157 Å². The highest BCUT2D eigenvalue weighted by Gasteiger charge is 2.26. The molecule has 0 spiro atoms. The Morgan fingerprint density at radius 2 is 1.62 bits per heavy atom. The standard InChI is InChI=1S/C28H38N4O6S/c1-3-14-29-25(17-21-9-11-23(34)12-10-21)28(37)32-24(13-15-39(2)38)27(36)30-18-26(35)31-22(19-33)16-20-7-5-4-6-8-20/h3-12,22,24-25,29,33-34H,1,13-19H2,2H3,(H,30,36)(H,31,35)(H,32,37)/t22-,24-,25-,39?/m0/s1. The van der Waals surface area contributed by atoms with Crippen molar-refractivity contribution in [2.24, 2.45) is 0 Å². The monoisotopic (exact) mass is 558 g/mol. The number of aliphatic hydroxyl groups is 1. The fourth-order valence-electron chi connectivity index (χ4n) is 3.80. The van der Waals surface area contributed by atoms with Crippen molar-refractivity contribution in [3.63, 3.8) is 0 Å². The van der Waals surface area contributed by atoms with Gasteiger partial charge in [0.15, 0.2) is 0 Å². The normalized spacial score (nSPS) is 13.9. The molecular formula is C28H38N4O6S. The van der Waals surface area contributed by atoms with E-state index in [4.69, 9.17) is 0 Å². The lowest BCUT2D eigenvalue weighted by Gasteiger charge is -2.23. The van der Waals surface area contributed by atoms with E-state index in [1.54, 1.807) is 18.2 Å². The van der Waals surface area contributed by atoms with Crippen LogP contribution in [0.5, 0.6) is 5.75 Å². The van der Waals surface area contributed by atoms with E-state index in [1.165, 1.54) is 18.4 Å². The second-order valence-corrected chi connectivity index (χ2v) is 10.7. The molecule has 0 aromatic heterocycles. The van der Waals surface area contributed by atoms with E-state index in [-0.39, 0.29) is 31.1 Å². The van der Waals surface area contributed by atoms with Crippen molar-refractivity contribution in [3.8, 4) is 5.75 Å². The lowest BCUT2D eigenvalue weighted by Crippen LogP contribution is -2.55. The number of nitrogens with one attached hydrogen (secondary N) is 4. The molecule has 39 heavy (non-hydrogen) atoms. The van der Waals surface area contributed by atoms with E-state index in [2.05, 4.69) is 27.8 Å². The first-order valence-electron chi connectivity index (χ1n) is 12.7. The molecule has 1 unspecified atom stereocenters. The third-order valence-electron chi connectivity index (χ3n) is 5.86. The molecule has 0 fully saturated rings. The summed E-state index contributed by atoms with van der Waals surface area (Å²) in [4.78, 5) is 38.6. The minimum atomic E-state index is -1.20. The first-order valence-corrected chi connectivity index (χ1v) is 14.4. The van der Waals surface area contributed by atoms with Gasteiger partial charge in [0.05, 0.1) is 25.2 Å². The number of benzene rings is 2. The Morgan fingerprint density at radius 1 is 0.949 bits per heavy atom. The molecule has 6 N–H and O–H groups in total. The van der Waals surface area contributed by atoms with Gasteiger partial charge in [-0.1, -0.05) is 48.5 Å². The molecule has 0 saturated carbocycles. The molecule has 212 valence electrons. The van der Waals surface area contributed by atoms with E-state index in [0.29, 0.717) is 19.4 Å². The Morgan fingerprint density at radius 3 is 2.23 bits per heavy atom. The maximum atomic E-state index is 13.2. The van der Waals surface area contributed by atoms with Crippen molar-refractivity contribution in [1.82, 2.24) is 21.3 Å². The van der Waals surface area contributed by atoms with Gasteiger partial charge in [-0.05, 0) is 42.5 Å². The first-order chi connectivity index (χ1) is 18.7. The number of aliphatic hydroxyl groups excluding tert-OH is 1. The number of amides is 3. The molecule has 0 saturated heterocycles. The summed E-state index contributed by atoms with van der Waals surface area (Å²) in [5, 5.41) is 30.2. The van der Waals surface area contributed by atoms with E-state index in [9.17, 15) is 28.8 Å². The predicted octanol–water partition coefficient (Wildman–Crippen LogP) is 0.168. The molecule has 4 atom stereocenters. The van der Waals surface area contributed by atoms with Crippen LogP contribution in [0.2, 0.25) is 0 Å². The second kappa shape index (κ2) is 17.1. The van der Waals surface area contributed by atoms with Gasteiger partial charge in [-0.25, -0.2) is 0 Å². The van der Waals surface area contributed by atoms with Crippen LogP contribution in [-0.4, -0.2) is 82.0 Å². The summed E-state index contributed by atoms with van der Waals surface area (Å²) in [6.07, 6.45) is 3.95. The zero-order valence-corrected chi connectivity index (χ0v) is 22.9. The number of phenols is 1. The number of aromatic hydroxyl groups is 1. The highest BCUT2D eigenvalue weighted by Crippen LogP contribution is 2.12. The van der Waals surface area contributed by atoms with Crippen molar-refractivity contribution in [3.05, 3.63) is 78.4 Å². The summed E-state index contributed by atoms with van der Waals surface area (Å²) >= 11 is 0. The van der Waals surface area contributed by atoms with Gasteiger partial charge >= 0.3 is 0 Å². The molecule has 0 bridgehead atoms. The Bertz CT molecular complexity index is 1100. The molecule has 10 nitrogen and oxygen atoms in total. The van der Waals surface area contributed by atoms with Crippen LogP contribution in [0, 0.1) is 0 Å². The molecule has 0 heterocycles. The van der Waals surface area contributed by atoms with Crippen molar-refractivity contribution in [1.29, 1.82) is 0 Å². The van der Waals surface area contributed by atoms with Crippen LogP contribution in [-0.2, 0) is 38.0 Å². The highest BCUT2D eigenvalue weighted by molar-refractivity contribution is 7.84. The zero-order chi connectivity index (χ0) is 28.6. The molecule has 0 aliphatic carbocycles. The number of rotatable bonds is 17. The molecule has 2 rings (SSSR count). The minimum absolute atomic E-state index is 0.109. The molecule has 3 amide bonds. The van der Waals surface area contributed by atoms with Crippen LogP contribution in [0.4, 0.5) is 0 Å². The summed E-state index contributed by atoms with van der Waals surface area (Å²) in [5.41, 5.74) is 1.74. The fourth-order valence-corrected chi connectivity index (χ4v) is 4.37. The van der Waals surface area contributed by atoms with Crippen LogP contribution < -0.4 is 21.3 Å². The SMILES string of the molecule is C=CCN[C@@H](Cc1ccc(O)cc1)C(=O)N[C@@H](CCS(C)=O)C(=O)NCC(=O)N[C@H](CO)Cc1ccccc1. The van der Waals surface area contributed by atoms with Crippen molar-refractivity contribution in [2.75, 3.05) is 31.7 Å². The van der Waals surface area contributed by atoms with E-state index < -0.39 is 46.6 Å². The third kappa shape index (κ3) is 12.2. The van der Waals surface area contributed by atoms with Gasteiger partial charge in [0.1, 0.15) is 11.8 Å². The molecule has 11 heteroatoms. The van der Waals surface area contributed by atoms with E-state index in [1.807, 2.05) is 30.3 Å². The Labute approximate surface area is 231 Å². The van der Waals surface area contributed by atoms with Gasteiger partial charge in [-0.2, -0.15) is 0 Å². The second-order valence-electron chi connectivity index (χ2n) is 9.10. The van der Waals surface area contributed by atoms with Gasteiger partial charge in [0.25, 0.3) is 0 Å². The number of phenolic OH excluding ortho intramolecular Hbond substituents is 1. The molecule has 2 aromatic rings. The third-order valence-corrected chi connectivity index (χ3v) is 6.67. The van der Waals surface area contributed by atoms with E-state index in [0.717, 1.165) is 11.1 Å². The predicted molar refractivity (Wildman–Crippen MR) is 151 cm³/mol. The Balaban J connectivity index is 2.00. The van der Waals surface area contributed by atoms with Crippen LogP contribution in [0.1, 0.15) is 17.5 Å². The summed E-state index contributed by atoms with van der Waals surface area (Å²) in [6.45, 7) is 3.39. The molecule has 2 aromatic carbocycles. The average Bonchev–Trinajstić information content (AvgIpc) is 2.92. The molecule has 0 aliphatic heterocycles. The fraction of sp³-hybridized carbons (Fsp3) is 0.393. The van der Waals surface area contributed by atoms with Gasteiger partial charge in [-0.15, -0.1) is 6.58 Å². The first kappa shape index (κ1) is 31.7. The zero-order valence-electron chi connectivity index (χ0n) is 22.1. The molecule has 0 aliphatic rings. The number of carbonyl (C=O) groups excluding carboxylic acids is 3. The smallest absolute Gasteiger partial charge is 0.243 e. The van der Waals surface area contributed by atoms with Crippen LogP contribution in [0.15, 0.2) is 67.3 Å². The minimum Gasteiger partial charge on any atom is -0.508 e.